The van der Waals surface area contributed by atoms with Crippen LogP contribution in [0.1, 0.15) is 16.8 Å². The molecule has 0 amide bonds. The molecule has 2 aromatic rings. The number of methoxy groups -OCH3 is 1. The van der Waals surface area contributed by atoms with Crippen molar-refractivity contribution in [3.05, 3.63) is 58.4 Å². The molecule has 0 fully saturated rings. The van der Waals surface area contributed by atoms with Crippen molar-refractivity contribution in [2.75, 3.05) is 7.11 Å². The molecule has 0 saturated carbocycles. The topological polar surface area (TPSA) is 45.9 Å². The Hall–Kier alpha value is -2.05. The van der Waals surface area contributed by atoms with E-state index in [1.165, 1.54) is 7.11 Å². The Labute approximate surface area is 111 Å². The van der Waals surface area contributed by atoms with Gasteiger partial charge in [-0.2, -0.15) is 5.26 Å². The van der Waals surface area contributed by atoms with Gasteiger partial charge in [0.05, 0.1) is 18.9 Å². The van der Waals surface area contributed by atoms with Crippen molar-refractivity contribution in [2.24, 2.45) is 0 Å². The van der Waals surface area contributed by atoms with Crippen molar-refractivity contribution in [1.29, 1.82) is 5.26 Å². The summed E-state index contributed by atoms with van der Waals surface area (Å²) in [6.45, 7) is 0. The molecule has 1 aromatic carbocycles. The Kier molecular flexibility index (Phi) is 3.81. The van der Waals surface area contributed by atoms with E-state index in [-0.39, 0.29) is 0 Å². The number of benzene rings is 1. The number of hydrogen-bond acceptors (Lipinski definition) is 3. The summed E-state index contributed by atoms with van der Waals surface area (Å²) >= 11 is 5.83. The maximum atomic E-state index is 9.00. The largest absolute Gasteiger partial charge is 0.494 e. The van der Waals surface area contributed by atoms with E-state index in [4.69, 9.17) is 21.6 Å². The van der Waals surface area contributed by atoms with Gasteiger partial charge >= 0.3 is 0 Å². The predicted molar refractivity (Wildman–Crippen MR) is 69.8 cm³/mol. The molecule has 18 heavy (non-hydrogen) atoms. The van der Waals surface area contributed by atoms with E-state index in [9.17, 15) is 0 Å². The van der Waals surface area contributed by atoms with Gasteiger partial charge in [0.15, 0.2) is 5.75 Å². The minimum Gasteiger partial charge on any atom is -0.494 e. The Bertz CT molecular complexity index is 588. The molecule has 90 valence electrons. The molecule has 1 heterocycles. The third-order valence-electron chi connectivity index (χ3n) is 2.56. The van der Waals surface area contributed by atoms with E-state index < -0.39 is 0 Å². The van der Waals surface area contributed by atoms with Crippen LogP contribution in [0.2, 0.25) is 5.02 Å². The van der Waals surface area contributed by atoms with E-state index in [1.807, 2.05) is 24.3 Å². The summed E-state index contributed by atoms with van der Waals surface area (Å²) in [5.74, 6) is 0.498. The number of rotatable bonds is 3. The standard InChI is InChI=1S/C14H11ClN2O/c1-18-14-9-17-13(7-11(14)8-16)6-10-2-4-12(15)5-3-10/h2-5,7,9H,6H2,1H3. The Morgan fingerprint density at radius 2 is 2.06 bits per heavy atom. The SMILES string of the molecule is COc1cnc(Cc2ccc(Cl)cc2)cc1C#N. The first kappa shape index (κ1) is 12.4. The van der Waals surface area contributed by atoms with Gasteiger partial charge < -0.3 is 4.74 Å². The normalized spacial score (nSPS) is 9.83. The van der Waals surface area contributed by atoms with E-state index in [0.717, 1.165) is 11.3 Å². The Morgan fingerprint density at radius 3 is 2.67 bits per heavy atom. The summed E-state index contributed by atoms with van der Waals surface area (Å²) in [4.78, 5) is 4.27. The van der Waals surface area contributed by atoms with Crippen LogP contribution in [0, 0.1) is 11.3 Å². The molecular weight excluding hydrogens is 248 g/mol. The molecule has 1 aromatic heterocycles. The third-order valence-corrected chi connectivity index (χ3v) is 2.81. The Morgan fingerprint density at radius 1 is 1.33 bits per heavy atom. The van der Waals surface area contributed by atoms with Crippen LogP contribution in [0.3, 0.4) is 0 Å². The van der Waals surface area contributed by atoms with Crippen molar-refractivity contribution in [3.63, 3.8) is 0 Å². The van der Waals surface area contributed by atoms with Crippen LogP contribution in [0.15, 0.2) is 36.5 Å². The second kappa shape index (κ2) is 5.52. The van der Waals surface area contributed by atoms with Crippen LogP contribution in [0.25, 0.3) is 0 Å². The van der Waals surface area contributed by atoms with Gasteiger partial charge in [0.25, 0.3) is 0 Å². The molecule has 0 atom stereocenters. The van der Waals surface area contributed by atoms with Gasteiger partial charge in [0.1, 0.15) is 6.07 Å². The summed E-state index contributed by atoms with van der Waals surface area (Å²) in [5, 5.41) is 9.71. The van der Waals surface area contributed by atoms with Crippen molar-refractivity contribution in [1.82, 2.24) is 4.98 Å². The first-order valence-electron chi connectivity index (χ1n) is 5.40. The second-order valence-electron chi connectivity index (χ2n) is 3.79. The van der Waals surface area contributed by atoms with Crippen LogP contribution in [0.5, 0.6) is 5.75 Å². The third kappa shape index (κ3) is 2.79. The molecule has 0 radical (unpaired) electrons. The molecule has 0 bridgehead atoms. The number of pyridine rings is 1. The predicted octanol–water partition coefficient (Wildman–Crippen LogP) is 3.21. The highest BCUT2D eigenvalue weighted by Gasteiger charge is 2.05. The molecular formula is C14H11ClN2O. The summed E-state index contributed by atoms with van der Waals surface area (Å²) in [7, 11) is 1.52. The highest BCUT2D eigenvalue weighted by Crippen LogP contribution is 2.19. The van der Waals surface area contributed by atoms with Crippen molar-refractivity contribution in [3.8, 4) is 11.8 Å². The molecule has 4 heteroatoms. The van der Waals surface area contributed by atoms with Gasteiger partial charge in [-0.3, -0.25) is 4.98 Å². The van der Waals surface area contributed by atoms with Crippen LogP contribution >= 0.6 is 11.6 Å². The van der Waals surface area contributed by atoms with Gasteiger partial charge in [-0.05, 0) is 23.8 Å². The van der Waals surface area contributed by atoms with Gasteiger partial charge in [-0.25, -0.2) is 0 Å². The summed E-state index contributed by atoms with van der Waals surface area (Å²) in [6.07, 6.45) is 2.24. The maximum absolute atomic E-state index is 9.00. The summed E-state index contributed by atoms with van der Waals surface area (Å²) < 4.78 is 5.05. The molecule has 2 rings (SSSR count). The lowest BCUT2D eigenvalue weighted by atomic mass is 10.1. The number of halogens is 1. The summed E-state index contributed by atoms with van der Waals surface area (Å²) in [6, 6.07) is 11.4. The van der Waals surface area contributed by atoms with Crippen LogP contribution in [-0.4, -0.2) is 12.1 Å². The zero-order valence-corrected chi connectivity index (χ0v) is 10.6. The van der Waals surface area contributed by atoms with Crippen LogP contribution in [-0.2, 0) is 6.42 Å². The molecule has 0 saturated heterocycles. The lowest BCUT2D eigenvalue weighted by Gasteiger charge is -2.05. The van der Waals surface area contributed by atoms with Gasteiger partial charge in [0, 0.05) is 17.1 Å². The monoisotopic (exact) mass is 258 g/mol. The minimum atomic E-state index is 0.497. The zero-order valence-electron chi connectivity index (χ0n) is 9.85. The molecule has 0 aliphatic rings. The average Bonchev–Trinajstić information content (AvgIpc) is 2.41. The van der Waals surface area contributed by atoms with E-state index in [2.05, 4.69) is 11.1 Å². The zero-order chi connectivity index (χ0) is 13.0. The highest BCUT2D eigenvalue weighted by atomic mass is 35.5. The maximum Gasteiger partial charge on any atom is 0.154 e. The van der Waals surface area contributed by atoms with E-state index in [0.29, 0.717) is 22.8 Å². The second-order valence-corrected chi connectivity index (χ2v) is 4.23. The van der Waals surface area contributed by atoms with E-state index >= 15 is 0 Å². The number of nitriles is 1. The average molecular weight is 259 g/mol. The smallest absolute Gasteiger partial charge is 0.154 e. The fourth-order valence-electron chi connectivity index (χ4n) is 1.64. The first-order chi connectivity index (χ1) is 8.72. The van der Waals surface area contributed by atoms with Crippen molar-refractivity contribution < 1.29 is 4.74 Å². The minimum absolute atomic E-state index is 0.497. The lowest BCUT2D eigenvalue weighted by molar-refractivity contribution is 0.411. The van der Waals surface area contributed by atoms with Gasteiger partial charge in [-0.1, -0.05) is 23.7 Å². The first-order valence-corrected chi connectivity index (χ1v) is 5.78. The molecule has 0 aliphatic carbocycles. The van der Waals surface area contributed by atoms with Crippen molar-refractivity contribution >= 4 is 11.6 Å². The fraction of sp³-hybridized carbons (Fsp3) is 0.143. The van der Waals surface area contributed by atoms with Gasteiger partial charge in [-0.15, -0.1) is 0 Å². The number of ether oxygens (including phenoxy) is 1. The lowest BCUT2D eigenvalue weighted by Crippen LogP contribution is -1.96. The fourth-order valence-corrected chi connectivity index (χ4v) is 1.77. The molecule has 0 spiro atoms. The number of nitrogens with zero attached hydrogens (tertiary/aromatic N) is 2. The summed E-state index contributed by atoms with van der Waals surface area (Å²) in [5.41, 5.74) is 2.42. The quantitative estimate of drug-likeness (QED) is 0.849. The number of aromatic nitrogens is 1. The van der Waals surface area contributed by atoms with Gasteiger partial charge in [0.2, 0.25) is 0 Å². The molecule has 0 aliphatic heterocycles. The van der Waals surface area contributed by atoms with Crippen LogP contribution in [0.4, 0.5) is 0 Å². The number of hydrogen-bond donors (Lipinski definition) is 0. The highest BCUT2D eigenvalue weighted by molar-refractivity contribution is 6.30. The van der Waals surface area contributed by atoms with Crippen LogP contribution < -0.4 is 4.74 Å². The molecule has 0 unspecified atom stereocenters. The van der Waals surface area contributed by atoms with E-state index in [1.54, 1.807) is 12.3 Å². The molecule has 3 nitrogen and oxygen atoms in total. The van der Waals surface area contributed by atoms with Crippen molar-refractivity contribution in [2.45, 2.75) is 6.42 Å². The Balaban J connectivity index is 2.25. The molecule has 0 N–H and O–H groups in total.